The minimum absolute atomic E-state index is 0. The summed E-state index contributed by atoms with van der Waals surface area (Å²) in [6.07, 6.45) is 3.50. The Kier molecular flexibility index (Phi) is 7.45. The van der Waals surface area contributed by atoms with Crippen molar-refractivity contribution in [2.24, 2.45) is 0 Å². The fraction of sp³-hybridized carbons (Fsp3) is 0.778. The number of rotatable bonds is 2. The molecule has 0 aromatic rings. The number of ether oxygens (including phenoxy) is 1. The van der Waals surface area contributed by atoms with E-state index in [9.17, 15) is 9.59 Å². The zero-order chi connectivity index (χ0) is 9.68. The molecule has 0 aromatic heterocycles. The van der Waals surface area contributed by atoms with Gasteiger partial charge in [0.05, 0.1) is 6.54 Å². The number of carbonyl (C=O) groups excluding carboxylic acids is 2. The molecule has 0 aromatic carbocycles. The van der Waals surface area contributed by atoms with Crippen LogP contribution in [0.3, 0.4) is 0 Å². The van der Waals surface area contributed by atoms with Crippen molar-refractivity contribution in [3.05, 3.63) is 0 Å². The van der Waals surface area contributed by atoms with Crippen molar-refractivity contribution >= 4 is 41.5 Å². The van der Waals surface area contributed by atoms with Crippen molar-refractivity contribution in [3.63, 3.8) is 0 Å². The molecule has 5 heteroatoms. The first-order valence-corrected chi connectivity index (χ1v) is 4.62. The fourth-order valence-corrected chi connectivity index (χ4v) is 1.49. The maximum atomic E-state index is 11.0. The summed E-state index contributed by atoms with van der Waals surface area (Å²) in [6.45, 7) is 3.37. The normalized spacial score (nSPS) is 16.9. The molecule has 4 nitrogen and oxygen atoms in total. The Bertz CT molecular complexity index is 202. The van der Waals surface area contributed by atoms with Gasteiger partial charge in [0.15, 0.2) is 0 Å². The van der Waals surface area contributed by atoms with Gasteiger partial charge < -0.3 is 4.74 Å². The summed E-state index contributed by atoms with van der Waals surface area (Å²) in [6, 6.07) is 0. The molecule has 0 saturated carbocycles. The van der Waals surface area contributed by atoms with Gasteiger partial charge in [-0.25, -0.2) is 0 Å². The predicted molar refractivity (Wildman–Crippen MR) is 54.2 cm³/mol. The van der Waals surface area contributed by atoms with E-state index < -0.39 is 11.9 Å². The molecule has 0 atom stereocenters. The molecule has 1 rings (SSSR count). The Morgan fingerprint density at radius 1 is 1.21 bits per heavy atom. The average Bonchev–Trinajstić information content (AvgIpc) is 2.04. The number of hydrogen-bond acceptors (Lipinski definition) is 4. The molecular weight excluding hydrogens is 193 g/mol. The van der Waals surface area contributed by atoms with E-state index in [1.165, 1.54) is 13.3 Å². The van der Waals surface area contributed by atoms with Gasteiger partial charge in [-0.1, -0.05) is 6.42 Å². The Balaban J connectivity index is 0.00000169. The quantitative estimate of drug-likeness (QED) is 0.362. The Morgan fingerprint density at radius 2 is 1.79 bits per heavy atom. The van der Waals surface area contributed by atoms with Crippen molar-refractivity contribution in [2.45, 2.75) is 26.2 Å². The van der Waals surface area contributed by atoms with Crippen LogP contribution in [0.15, 0.2) is 0 Å². The van der Waals surface area contributed by atoms with Gasteiger partial charge in [0.25, 0.3) is 0 Å². The minimum atomic E-state index is -0.526. The average molecular weight is 209 g/mol. The first-order valence-electron chi connectivity index (χ1n) is 4.62. The molecule has 0 unspecified atom stereocenters. The van der Waals surface area contributed by atoms with Crippen LogP contribution < -0.4 is 0 Å². The summed E-state index contributed by atoms with van der Waals surface area (Å²) in [5.41, 5.74) is 0. The van der Waals surface area contributed by atoms with E-state index in [1.54, 1.807) is 0 Å². The summed E-state index contributed by atoms with van der Waals surface area (Å²) >= 11 is 0. The summed E-state index contributed by atoms with van der Waals surface area (Å²) in [5.74, 6) is -0.962. The third-order valence-corrected chi connectivity index (χ3v) is 2.06. The molecule has 1 aliphatic heterocycles. The molecule has 0 spiro atoms. The Labute approximate surface area is 106 Å². The predicted octanol–water partition coefficient (Wildman–Crippen LogP) is -0.0865. The third kappa shape index (κ3) is 5.75. The topological polar surface area (TPSA) is 46.6 Å². The van der Waals surface area contributed by atoms with Crippen molar-refractivity contribution in [1.29, 1.82) is 0 Å². The first kappa shape index (κ1) is 14.1. The van der Waals surface area contributed by atoms with E-state index >= 15 is 0 Å². The maximum absolute atomic E-state index is 11.0. The second kappa shape index (κ2) is 7.40. The summed E-state index contributed by atoms with van der Waals surface area (Å²) in [7, 11) is 0. The van der Waals surface area contributed by atoms with Crippen LogP contribution in [0.1, 0.15) is 26.2 Å². The van der Waals surface area contributed by atoms with Crippen molar-refractivity contribution < 1.29 is 14.3 Å². The van der Waals surface area contributed by atoms with Crippen LogP contribution in [0.25, 0.3) is 0 Å². The van der Waals surface area contributed by atoms with E-state index in [0.717, 1.165) is 25.9 Å². The van der Waals surface area contributed by atoms with Crippen molar-refractivity contribution in [2.75, 3.05) is 19.6 Å². The van der Waals surface area contributed by atoms with E-state index in [2.05, 4.69) is 4.74 Å². The second-order valence-electron chi connectivity index (χ2n) is 3.30. The molecule has 1 aliphatic rings. The molecule has 14 heavy (non-hydrogen) atoms. The first-order chi connectivity index (χ1) is 6.18. The van der Waals surface area contributed by atoms with Gasteiger partial charge in [-0.15, -0.1) is 0 Å². The van der Waals surface area contributed by atoms with Crippen LogP contribution >= 0.6 is 0 Å². The van der Waals surface area contributed by atoms with Crippen LogP contribution in [-0.4, -0.2) is 66.0 Å². The third-order valence-electron chi connectivity index (χ3n) is 2.06. The van der Waals surface area contributed by atoms with Crippen LogP contribution in [0.4, 0.5) is 0 Å². The Morgan fingerprint density at radius 3 is 2.29 bits per heavy atom. The van der Waals surface area contributed by atoms with Gasteiger partial charge >= 0.3 is 41.5 Å². The molecule has 0 radical (unpaired) electrons. The van der Waals surface area contributed by atoms with Crippen LogP contribution in [0.2, 0.25) is 0 Å². The molecule has 0 amide bonds. The molecule has 0 bridgehead atoms. The summed E-state index contributed by atoms with van der Waals surface area (Å²) < 4.78 is 4.43. The number of piperidine rings is 1. The van der Waals surface area contributed by atoms with Crippen molar-refractivity contribution in [3.8, 4) is 0 Å². The molecule has 76 valence electrons. The number of likely N-dealkylation sites (tertiary alicyclic amines) is 1. The number of nitrogens with zero attached hydrogens (tertiary/aromatic N) is 1. The van der Waals surface area contributed by atoms with Crippen LogP contribution in [-0.2, 0) is 14.3 Å². The monoisotopic (exact) mass is 209 g/mol. The Hall–Kier alpha value is 0.1000. The van der Waals surface area contributed by atoms with E-state index in [0.29, 0.717) is 0 Å². The van der Waals surface area contributed by atoms with E-state index in [4.69, 9.17) is 0 Å². The number of carbonyl (C=O) groups is 2. The SMILES string of the molecule is CC(=O)OC(=O)CN1CCCCC1.[NaH]. The zero-order valence-electron chi connectivity index (χ0n) is 7.91. The van der Waals surface area contributed by atoms with Crippen molar-refractivity contribution in [1.82, 2.24) is 4.90 Å². The van der Waals surface area contributed by atoms with Crippen LogP contribution in [0, 0.1) is 0 Å². The molecule has 1 heterocycles. The summed E-state index contributed by atoms with van der Waals surface area (Å²) in [4.78, 5) is 23.5. The molecule has 0 aliphatic carbocycles. The summed E-state index contributed by atoms with van der Waals surface area (Å²) in [5, 5.41) is 0. The zero-order valence-corrected chi connectivity index (χ0v) is 7.91. The molecule has 1 fully saturated rings. The van der Waals surface area contributed by atoms with Gasteiger partial charge in [0.2, 0.25) is 0 Å². The molecule has 0 N–H and O–H groups in total. The van der Waals surface area contributed by atoms with E-state index in [-0.39, 0.29) is 36.1 Å². The molecular formula is C9H16NNaO3. The number of esters is 2. The van der Waals surface area contributed by atoms with E-state index in [1.807, 2.05) is 4.90 Å². The van der Waals surface area contributed by atoms with Gasteiger partial charge in [-0.05, 0) is 25.9 Å². The van der Waals surface area contributed by atoms with Gasteiger partial charge in [0, 0.05) is 6.92 Å². The second-order valence-corrected chi connectivity index (χ2v) is 3.30. The van der Waals surface area contributed by atoms with Gasteiger partial charge in [0.1, 0.15) is 0 Å². The van der Waals surface area contributed by atoms with Gasteiger partial charge in [-0.2, -0.15) is 0 Å². The number of hydrogen-bond donors (Lipinski definition) is 0. The standard InChI is InChI=1S/C9H15NO3.Na.H/c1-8(11)13-9(12)7-10-5-3-2-4-6-10;;/h2-7H2,1H3;;. The van der Waals surface area contributed by atoms with Crippen LogP contribution in [0.5, 0.6) is 0 Å². The molecule has 1 saturated heterocycles. The fourth-order valence-electron chi connectivity index (χ4n) is 1.49. The van der Waals surface area contributed by atoms with Gasteiger partial charge in [-0.3, -0.25) is 14.5 Å².